The topological polar surface area (TPSA) is 116 Å². The number of hydrogen-bond acceptors (Lipinski definition) is 7. The first kappa shape index (κ1) is 22.6. The molecule has 1 aliphatic rings. The second-order valence-corrected chi connectivity index (χ2v) is 9.96. The summed E-state index contributed by atoms with van der Waals surface area (Å²) in [5.41, 5.74) is 2.88. The van der Waals surface area contributed by atoms with E-state index in [0.29, 0.717) is 25.1 Å². The first-order chi connectivity index (χ1) is 15.4. The summed E-state index contributed by atoms with van der Waals surface area (Å²) in [6, 6.07) is 12.6. The maximum Gasteiger partial charge on any atom is 0.286 e. The van der Waals surface area contributed by atoms with Gasteiger partial charge in [-0.25, -0.2) is 0 Å². The van der Waals surface area contributed by atoms with Crippen molar-refractivity contribution in [3.63, 3.8) is 0 Å². The van der Waals surface area contributed by atoms with E-state index in [4.69, 9.17) is 4.74 Å². The zero-order valence-electron chi connectivity index (χ0n) is 17.2. The Hall–Kier alpha value is -2.64. The van der Waals surface area contributed by atoms with Crippen molar-refractivity contribution < 1.29 is 17.9 Å². The van der Waals surface area contributed by atoms with Crippen molar-refractivity contribution in [2.24, 2.45) is 4.40 Å². The van der Waals surface area contributed by atoms with Gasteiger partial charge in [0.25, 0.3) is 10.0 Å². The predicted octanol–water partition coefficient (Wildman–Crippen LogP) is 3.12. The number of sulfonamides is 1. The van der Waals surface area contributed by atoms with Gasteiger partial charge in [0.2, 0.25) is 0 Å². The van der Waals surface area contributed by atoms with Crippen LogP contribution in [0.15, 0.2) is 58.0 Å². The largest absolute Gasteiger partial charge is 0.378 e. The van der Waals surface area contributed by atoms with Crippen molar-refractivity contribution in [1.82, 2.24) is 15.0 Å². The first-order valence-corrected chi connectivity index (χ1v) is 12.3. The van der Waals surface area contributed by atoms with Gasteiger partial charge in [0.15, 0.2) is 11.6 Å². The van der Waals surface area contributed by atoms with Crippen molar-refractivity contribution in [3.05, 3.63) is 63.5 Å². The minimum Gasteiger partial charge on any atom is -0.378 e. The molecule has 0 bridgehead atoms. The normalized spacial score (nSPS) is 14.4. The molecule has 3 aromatic rings. The number of hydrogen-bond donors (Lipinski definition) is 1. The quantitative estimate of drug-likeness (QED) is 0.418. The maximum atomic E-state index is 12.7. The lowest BCUT2D eigenvalue weighted by molar-refractivity contribution is -0.113. The van der Waals surface area contributed by atoms with Crippen LogP contribution in [0.4, 0.5) is 5.69 Å². The van der Waals surface area contributed by atoms with Crippen molar-refractivity contribution in [3.8, 4) is 5.69 Å². The molecular formula is C21H20IN5O4S. The number of para-hydroxylation sites is 1. The third-order valence-electron chi connectivity index (χ3n) is 4.84. The number of halogens is 1. The summed E-state index contributed by atoms with van der Waals surface area (Å²) in [7, 11) is -2.31. The zero-order valence-corrected chi connectivity index (χ0v) is 20.1. The molecule has 32 heavy (non-hydrogen) atoms. The van der Waals surface area contributed by atoms with Crippen LogP contribution in [-0.4, -0.2) is 42.1 Å². The third-order valence-corrected chi connectivity index (χ3v) is 6.83. The van der Waals surface area contributed by atoms with Crippen LogP contribution in [0.5, 0.6) is 0 Å². The number of methoxy groups -OCH3 is 1. The lowest BCUT2D eigenvalue weighted by Gasteiger charge is -2.17. The monoisotopic (exact) mass is 565 g/mol. The Kier molecular flexibility index (Phi) is 6.67. The number of nitrogens with zero attached hydrogens (tertiary/aromatic N) is 4. The van der Waals surface area contributed by atoms with Crippen molar-refractivity contribution in [1.29, 1.82) is 0 Å². The van der Waals surface area contributed by atoms with Gasteiger partial charge in [0.05, 0.1) is 24.2 Å². The average Bonchev–Trinajstić information content (AvgIpc) is 3.23. The van der Waals surface area contributed by atoms with Crippen molar-refractivity contribution in [2.45, 2.75) is 30.8 Å². The Balaban J connectivity index is 1.44. The highest BCUT2D eigenvalue weighted by atomic mass is 127. The highest BCUT2D eigenvalue weighted by molar-refractivity contribution is 14.1. The van der Waals surface area contributed by atoms with Gasteiger partial charge in [-0.3, -0.25) is 4.79 Å². The number of amidine groups is 1. The zero-order chi connectivity index (χ0) is 22.7. The molecule has 0 saturated carbocycles. The fourth-order valence-electron chi connectivity index (χ4n) is 3.35. The molecule has 2 heterocycles. The van der Waals surface area contributed by atoms with Crippen molar-refractivity contribution in [2.75, 3.05) is 12.4 Å². The van der Waals surface area contributed by atoms with Crippen LogP contribution in [0.25, 0.3) is 5.69 Å². The molecule has 11 heteroatoms. The summed E-state index contributed by atoms with van der Waals surface area (Å²) in [5, 5.41) is 11.6. The molecule has 0 amide bonds. The number of fused-ring (bicyclic) bond motifs is 1. The van der Waals surface area contributed by atoms with Crippen LogP contribution >= 0.6 is 22.6 Å². The number of aryl methyl sites for hydroxylation is 1. The van der Waals surface area contributed by atoms with E-state index < -0.39 is 10.0 Å². The van der Waals surface area contributed by atoms with Crippen LogP contribution in [-0.2, 0) is 32.6 Å². The standard InChI is InChI=1S/C21H20IN5O4S/c1-31-13-16-12-23-27(25-16)18-7-3-2-5-14(18)6-4-8-19(28)21-24-17-10-9-15(22)11-20(17)32(29,30)26-21/h2-3,5,7,9-12H,4,6,8,13H2,1H3,(H,24,26). The highest BCUT2D eigenvalue weighted by Gasteiger charge is 2.28. The molecule has 4 rings (SSSR count). The number of ketones is 1. The molecule has 0 spiro atoms. The highest BCUT2D eigenvalue weighted by Crippen LogP contribution is 2.29. The SMILES string of the molecule is COCc1cnn(-c2ccccc2CCCC(=O)C2=NS(=O)(=O)c3cc(I)ccc3N2)n1. The molecule has 1 N–H and O–H groups in total. The Bertz CT molecular complexity index is 1300. The van der Waals surface area contributed by atoms with Gasteiger partial charge in [-0.2, -0.15) is 23.4 Å². The number of anilines is 1. The fraction of sp³-hybridized carbons (Fsp3) is 0.238. The summed E-state index contributed by atoms with van der Waals surface area (Å²) in [6.45, 7) is 0.372. The number of benzene rings is 2. The van der Waals surface area contributed by atoms with E-state index in [2.05, 4.69) is 19.9 Å². The second kappa shape index (κ2) is 9.46. The number of nitrogens with one attached hydrogen (secondary N) is 1. The molecule has 1 aliphatic heterocycles. The summed E-state index contributed by atoms with van der Waals surface area (Å²) < 4.78 is 34.5. The molecule has 0 radical (unpaired) electrons. The van der Waals surface area contributed by atoms with Crippen LogP contribution < -0.4 is 5.32 Å². The lowest BCUT2D eigenvalue weighted by Crippen LogP contribution is -2.29. The fourth-order valence-corrected chi connectivity index (χ4v) is 5.21. The van der Waals surface area contributed by atoms with Gasteiger partial charge in [-0.1, -0.05) is 18.2 Å². The average molecular weight is 565 g/mol. The van der Waals surface area contributed by atoms with E-state index in [1.165, 1.54) is 6.07 Å². The first-order valence-electron chi connectivity index (χ1n) is 9.80. The summed E-state index contributed by atoms with van der Waals surface area (Å²) in [4.78, 5) is 14.3. The number of rotatable bonds is 8. The molecule has 2 aromatic carbocycles. The van der Waals surface area contributed by atoms with E-state index in [1.807, 2.05) is 46.9 Å². The van der Waals surface area contributed by atoms with Gasteiger partial charge in [-0.05, 0) is 65.3 Å². The van der Waals surface area contributed by atoms with E-state index in [9.17, 15) is 13.2 Å². The van der Waals surface area contributed by atoms with E-state index in [0.717, 1.165) is 20.5 Å². The minimum atomic E-state index is -3.91. The van der Waals surface area contributed by atoms with Crippen LogP contribution in [0.2, 0.25) is 0 Å². The van der Waals surface area contributed by atoms with Gasteiger partial charge in [0.1, 0.15) is 10.6 Å². The number of Topliss-reactive ketones (excluding diaryl/α,β-unsaturated/α-hetero) is 1. The van der Waals surface area contributed by atoms with Crippen molar-refractivity contribution >= 4 is 49.9 Å². The van der Waals surface area contributed by atoms with E-state index >= 15 is 0 Å². The summed E-state index contributed by atoms with van der Waals surface area (Å²) in [5.74, 6) is -0.500. The molecular weight excluding hydrogens is 545 g/mol. The summed E-state index contributed by atoms with van der Waals surface area (Å²) >= 11 is 2.03. The van der Waals surface area contributed by atoms with Gasteiger partial charge in [0, 0.05) is 17.1 Å². The van der Waals surface area contributed by atoms with E-state index in [1.54, 1.807) is 30.2 Å². The molecule has 0 saturated heterocycles. The number of ether oxygens (including phenoxy) is 1. The predicted molar refractivity (Wildman–Crippen MR) is 127 cm³/mol. The maximum absolute atomic E-state index is 12.7. The molecule has 9 nitrogen and oxygen atoms in total. The number of carbonyl (C=O) groups is 1. The number of aromatic nitrogens is 3. The molecule has 1 aromatic heterocycles. The second-order valence-electron chi connectivity index (χ2n) is 7.14. The molecule has 0 aliphatic carbocycles. The Labute approximate surface area is 199 Å². The van der Waals surface area contributed by atoms with Crippen LogP contribution in [0.3, 0.4) is 0 Å². The van der Waals surface area contributed by atoms with Gasteiger partial charge in [-0.15, -0.1) is 4.40 Å². The Morgan fingerprint density at radius 2 is 2.03 bits per heavy atom. The van der Waals surface area contributed by atoms with E-state index in [-0.39, 0.29) is 22.9 Å². The summed E-state index contributed by atoms with van der Waals surface area (Å²) in [6.07, 6.45) is 2.91. The number of carbonyl (C=O) groups excluding carboxylic acids is 1. The molecule has 0 fully saturated rings. The van der Waals surface area contributed by atoms with Gasteiger partial charge >= 0.3 is 0 Å². The Morgan fingerprint density at radius 1 is 1.22 bits per heavy atom. The smallest absolute Gasteiger partial charge is 0.286 e. The van der Waals surface area contributed by atoms with Crippen LogP contribution in [0, 0.1) is 3.57 Å². The minimum absolute atomic E-state index is 0.0782. The Morgan fingerprint density at radius 3 is 2.84 bits per heavy atom. The van der Waals surface area contributed by atoms with Gasteiger partial charge < -0.3 is 10.1 Å². The lowest BCUT2D eigenvalue weighted by atomic mass is 10.0. The molecule has 0 atom stereocenters. The third kappa shape index (κ3) is 4.89. The van der Waals surface area contributed by atoms with Crippen LogP contribution in [0.1, 0.15) is 24.1 Å². The molecule has 0 unspecified atom stereocenters. The molecule has 166 valence electrons.